The molecule has 260 valence electrons. The lowest BCUT2D eigenvalue weighted by Gasteiger charge is -2.16. The fraction of sp³-hybridized carbons (Fsp3) is 1.00. The van der Waals surface area contributed by atoms with Gasteiger partial charge in [0.05, 0.1) is 0 Å². The van der Waals surface area contributed by atoms with Crippen molar-refractivity contribution < 1.29 is 4.74 Å². The number of rotatable bonds is 38. The van der Waals surface area contributed by atoms with Crippen LogP contribution in [-0.4, -0.2) is 11.1 Å². The van der Waals surface area contributed by atoms with E-state index in [9.17, 15) is 0 Å². The van der Waals surface area contributed by atoms with E-state index in [1.165, 1.54) is 205 Å². The quantitative estimate of drug-likeness (QED) is 0.0479. The van der Waals surface area contributed by atoms with Crippen molar-refractivity contribution in [3.05, 3.63) is 0 Å². The summed E-state index contributed by atoms with van der Waals surface area (Å²) in [5, 5.41) is 0. The first-order valence-electron chi connectivity index (χ1n) is 20.1. The monoisotopic (exact) mass is 647 g/mol. The fourth-order valence-corrected chi connectivity index (χ4v) is 6.97. The van der Waals surface area contributed by atoms with Crippen molar-refractivity contribution in [2.24, 2.45) is 0 Å². The summed E-state index contributed by atoms with van der Waals surface area (Å²) in [6, 6.07) is 0. The number of ether oxygens (including phenoxy) is 1. The first kappa shape index (κ1) is 43.5. The van der Waals surface area contributed by atoms with Gasteiger partial charge in [-0.1, -0.05) is 243 Å². The van der Waals surface area contributed by atoms with Gasteiger partial charge in [-0.25, -0.2) is 0 Å². The lowest BCUT2D eigenvalue weighted by molar-refractivity contribution is 0.0690. The Morgan fingerprint density at radius 2 is 0.442 bits per heavy atom. The molecule has 0 aliphatic heterocycles. The van der Waals surface area contributed by atoms with Gasteiger partial charge in [0.15, 0.2) is 0 Å². The second-order valence-electron chi connectivity index (χ2n) is 13.8. The second kappa shape index (κ2) is 38.7. The van der Waals surface area contributed by atoms with E-state index in [1.807, 2.05) is 0 Å². The van der Waals surface area contributed by atoms with E-state index >= 15 is 0 Å². The predicted octanol–water partition coefficient (Wildman–Crippen LogP) is 16.2. The molecule has 0 N–H and O–H groups in total. The van der Waals surface area contributed by atoms with Gasteiger partial charge < -0.3 is 4.74 Å². The Bertz CT molecular complexity index is 443. The maximum Gasteiger partial charge on any atom is 0.133 e. The third-order valence-corrected chi connectivity index (χ3v) is 10.0. The molecule has 0 radical (unpaired) electrons. The van der Waals surface area contributed by atoms with Gasteiger partial charge in [0.1, 0.15) is 11.1 Å². The Morgan fingerprint density at radius 1 is 0.279 bits per heavy atom. The molecule has 2 atom stereocenters. The van der Waals surface area contributed by atoms with Crippen molar-refractivity contribution in [3.63, 3.8) is 0 Å². The number of halogens is 2. The Balaban J connectivity index is 3.25. The third kappa shape index (κ3) is 38.6. The zero-order chi connectivity index (χ0) is 31.3. The van der Waals surface area contributed by atoms with Crippen molar-refractivity contribution in [1.82, 2.24) is 0 Å². The molecule has 0 spiro atoms. The molecule has 0 aliphatic rings. The SMILES string of the molecule is CCCCCCCCCCCCCCCCCCCC(Cl)OC(Cl)CCCCCCCCCCCCCCCCCCC. The van der Waals surface area contributed by atoms with Crippen LogP contribution in [0.3, 0.4) is 0 Å². The van der Waals surface area contributed by atoms with Gasteiger partial charge in [-0.05, 0) is 25.7 Å². The van der Waals surface area contributed by atoms with E-state index < -0.39 is 0 Å². The molecule has 1 nitrogen and oxygen atoms in total. The lowest BCUT2D eigenvalue weighted by atomic mass is 10.0. The number of hydrogen-bond acceptors (Lipinski definition) is 1. The first-order chi connectivity index (χ1) is 21.2. The zero-order valence-electron chi connectivity index (χ0n) is 29.8. The number of unbranched alkanes of at least 4 members (excludes halogenated alkanes) is 32. The molecule has 2 unspecified atom stereocenters. The predicted molar refractivity (Wildman–Crippen MR) is 198 cm³/mol. The van der Waals surface area contributed by atoms with E-state index in [4.69, 9.17) is 27.9 Å². The smallest absolute Gasteiger partial charge is 0.133 e. The molecule has 0 aromatic carbocycles. The minimum atomic E-state index is -0.218. The zero-order valence-corrected chi connectivity index (χ0v) is 31.3. The molecule has 0 amide bonds. The van der Waals surface area contributed by atoms with Gasteiger partial charge in [0.25, 0.3) is 0 Å². The highest BCUT2D eigenvalue weighted by molar-refractivity contribution is 6.21. The van der Waals surface area contributed by atoms with Crippen LogP contribution in [0.15, 0.2) is 0 Å². The van der Waals surface area contributed by atoms with E-state index in [0.717, 1.165) is 25.7 Å². The maximum absolute atomic E-state index is 6.42. The van der Waals surface area contributed by atoms with Gasteiger partial charge in [0, 0.05) is 0 Å². The topological polar surface area (TPSA) is 9.23 Å². The maximum atomic E-state index is 6.42. The molecule has 0 aromatic rings. The molecule has 0 bridgehead atoms. The van der Waals surface area contributed by atoms with E-state index in [0.29, 0.717) is 0 Å². The Labute approximate surface area is 283 Å². The van der Waals surface area contributed by atoms with Crippen molar-refractivity contribution in [2.45, 2.75) is 256 Å². The van der Waals surface area contributed by atoms with Gasteiger partial charge in [-0.2, -0.15) is 0 Å². The standard InChI is InChI=1S/C40H80Cl2O/c1-3-5-7-9-11-13-15-17-19-21-23-25-27-29-31-33-35-37-39(41)43-40(42)38-36-34-32-30-28-26-24-22-20-18-16-14-12-10-8-6-4-2/h39-40H,3-38H2,1-2H3. The second-order valence-corrected chi connectivity index (χ2v) is 14.8. The molecule has 3 heteroatoms. The summed E-state index contributed by atoms with van der Waals surface area (Å²) in [5.74, 6) is 0. The molecular weight excluding hydrogens is 567 g/mol. The minimum Gasteiger partial charge on any atom is -0.344 e. The summed E-state index contributed by atoms with van der Waals surface area (Å²) in [6.07, 6.45) is 49.5. The average Bonchev–Trinajstić information content (AvgIpc) is 3.00. The van der Waals surface area contributed by atoms with Gasteiger partial charge in [-0.15, -0.1) is 0 Å². The lowest BCUT2D eigenvalue weighted by Crippen LogP contribution is -2.13. The number of hydrogen-bond donors (Lipinski definition) is 0. The molecular formula is C40H80Cl2O. The molecule has 0 heterocycles. The Morgan fingerprint density at radius 3 is 0.628 bits per heavy atom. The van der Waals surface area contributed by atoms with Crippen LogP contribution in [0, 0.1) is 0 Å². The highest BCUT2D eigenvalue weighted by atomic mass is 35.5. The van der Waals surface area contributed by atoms with Crippen LogP contribution in [0.4, 0.5) is 0 Å². The largest absolute Gasteiger partial charge is 0.344 e. The van der Waals surface area contributed by atoms with Crippen LogP contribution in [0.5, 0.6) is 0 Å². The molecule has 0 saturated carbocycles. The summed E-state index contributed by atoms with van der Waals surface area (Å²) in [7, 11) is 0. The Hall–Kier alpha value is 0.540. The average molecular weight is 648 g/mol. The van der Waals surface area contributed by atoms with Gasteiger partial charge in [-0.3, -0.25) is 0 Å². The van der Waals surface area contributed by atoms with E-state index in [-0.39, 0.29) is 11.1 Å². The summed E-state index contributed by atoms with van der Waals surface area (Å²) in [6.45, 7) is 4.60. The van der Waals surface area contributed by atoms with E-state index in [1.54, 1.807) is 0 Å². The summed E-state index contributed by atoms with van der Waals surface area (Å²) >= 11 is 12.8. The fourth-order valence-electron chi connectivity index (χ4n) is 6.36. The Kier molecular flexibility index (Phi) is 39.2. The van der Waals surface area contributed by atoms with Crippen LogP contribution in [-0.2, 0) is 4.74 Å². The van der Waals surface area contributed by atoms with Crippen molar-refractivity contribution in [1.29, 1.82) is 0 Å². The summed E-state index contributed by atoms with van der Waals surface area (Å²) in [4.78, 5) is 0. The molecule has 0 saturated heterocycles. The van der Waals surface area contributed by atoms with Gasteiger partial charge in [0.2, 0.25) is 0 Å². The minimum absolute atomic E-state index is 0.218. The molecule has 0 rings (SSSR count). The normalized spacial score (nSPS) is 13.1. The van der Waals surface area contributed by atoms with Crippen molar-refractivity contribution in [3.8, 4) is 0 Å². The van der Waals surface area contributed by atoms with Crippen LogP contribution < -0.4 is 0 Å². The van der Waals surface area contributed by atoms with Crippen LogP contribution in [0.25, 0.3) is 0 Å². The van der Waals surface area contributed by atoms with Crippen LogP contribution in [0.2, 0.25) is 0 Å². The summed E-state index contributed by atoms with van der Waals surface area (Å²) < 4.78 is 5.84. The van der Waals surface area contributed by atoms with Crippen molar-refractivity contribution in [2.75, 3.05) is 0 Å². The highest BCUT2D eigenvalue weighted by Gasteiger charge is 2.11. The van der Waals surface area contributed by atoms with E-state index in [2.05, 4.69) is 13.8 Å². The van der Waals surface area contributed by atoms with Crippen LogP contribution >= 0.6 is 23.2 Å². The summed E-state index contributed by atoms with van der Waals surface area (Å²) in [5.41, 5.74) is -0.436. The van der Waals surface area contributed by atoms with Crippen LogP contribution in [0.1, 0.15) is 245 Å². The highest BCUT2D eigenvalue weighted by Crippen LogP contribution is 2.20. The molecule has 43 heavy (non-hydrogen) atoms. The number of alkyl halides is 2. The molecule has 0 fully saturated rings. The van der Waals surface area contributed by atoms with Gasteiger partial charge >= 0.3 is 0 Å². The van der Waals surface area contributed by atoms with Crippen molar-refractivity contribution >= 4 is 23.2 Å². The molecule has 0 aromatic heterocycles. The first-order valence-corrected chi connectivity index (χ1v) is 21.0. The third-order valence-electron chi connectivity index (χ3n) is 9.36. The molecule has 0 aliphatic carbocycles.